The van der Waals surface area contributed by atoms with E-state index in [4.69, 9.17) is 16.4 Å². The molecule has 2 heterocycles. The van der Waals surface area contributed by atoms with Crippen LogP contribution >= 0.6 is 0 Å². The van der Waals surface area contributed by atoms with Crippen LogP contribution in [0.3, 0.4) is 0 Å². The van der Waals surface area contributed by atoms with Gasteiger partial charge < -0.3 is 10.2 Å². The number of carbonyl (C=O) groups excluding carboxylic acids is 1. The lowest BCUT2D eigenvalue weighted by Crippen LogP contribution is -2.39. The minimum Gasteiger partial charge on any atom is -0.355 e. The van der Waals surface area contributed by atoms with Gasteiger partial charge in [0.15, 0.2) is 5.82 Å². The van der Waals surface area contributed by atoms with Crippen molar-refractivity contribution in [1.29, 1.82) is 0 Å². The van der Waals surface area contributed by atoms with Gasteiger partial charge in [-0.25, -0.2) is 9.97 Å². The van der Waals surface area contributed by atoms with Gasteiger partial charge in [-0.2, -0.15) is 0 Å². The van der Waals surface area contributed by atoms with Gasteiger partial charge in [0.1, 0.15) is 5.82 Å². The highest BCUT2D eigenvalue weighted by atomic mass is 16.2. The van der Waals surface area contributed by atoms with Crippen LogP contribution in [0.1, 0.15) is 6.42 Å². The highest BCUT2D eigenvalue weighted by molar-refractivity contribution is 5.91. The van der Waals surface area contributed by atoms with Gasteiger partial charge in [0.2, 0.25) is 5.91 Å². The van der Waals surface area contributed by atoms with Gasteiger partial charge in [0.05, 0.1) is 18.6 Å². The lowest BCUT2D eigenvalue weighted by atomic mass is 10.1. The van der Waals surface area contributed by atoms with E-state index in [2.05, 4.69) is 27.1 Å². The lowest BCUT2D eigenvalue weighted by Gasteiger charge is -2.24. The average Bonchev–Trinajstić information content (AvgIpc) is 3.03. The van der Waals surface area contributed by atoms with E-state index in [0.29, 0.717) is 6.54 Å². The number of carbonyl (C=O) groups is 1. The number of aromatic nitrogens is 2. The molecular formula is C24H25N5O. The second-order valence-electron chi connectivity index (χ2n) is 7.35. The van der Waals surface area contributed by atoms with Crippen molar-refractivity contribution in [3.63, 3.8) is 0 Å². The molecule has 4 rings (SSSR count). The fourth-order valence-corrected chi connectivity index (χ4v) is 3.77. The van der Waals surface area contributed by atoms with Crippen molar-refractivity contribution in [2.24, 2.45) is 0 Å². The highest BCUT2D eigenvalue weighted by Gasteiger charge is 2.20. The molecule has 1 N–H and O–H groups in total. The van der Waals surface area contributed by atoms with Crippen LogP contribution in [0.4, 0.5) is 5.82 Å². The molecule has 1 fully saturated rings. The number of hydrogen-bond donors (Lipinski definition) is 1. The molecule has 0 bridgehead atoms. The minimum atomic E-state index is -0.0275. The summed E-state index contributed by atoms with van der Waals surface area (Å²) in [7, 11) is 0. The van der Waals surface area contributed by atoms with Gasteiger partial charge >= 0.3 is 0 Å². The molecule has 1 aliphatic heterocycles. The maximum absolute atomic E-state index is 12.0. The first-order valence-corrected chi connectivity index (χ1v) is 10.2. The van der Waals surface area contributed by atoms with Crippen molar-refractivity contribution in [2.75, 3.05) is 44.2 Å². The third-order valence-corrected chi connectivity index (χ3v) is 5.26. The Labute approximate surface area is 176 Å². The smallest absolute Gasteiger partial charge is 0.234 e. The Morgan fingerprint density at radius 3 is 2.63 bits per heavy atom. The second kappa shape index (κ2) is 9.38. The Kier molecular flexibility index (Phi) is 6.21. The number of amides is 1. The van der Waals surface area contributed by atoms with Gasteiger partial charge in [0, 0.05) is 37.1 Å². The van der Waals surface area contributed by atoms with E-state index in [1.54, 1.807) is 0 Å². The molecule has 6 nitrogen and oxygen atoms in total. The zero-order valence-electron chi connectivity index (χ0n) is 16.9. The average molecular weight is 399 g/mol. The summed E-state index contributed by atoms with van der Waals surface area (Å²) in [6, 6.07) is 18.2. The molecule has 0 spiro atoms. The van der Waals surface area contributed by atoms with E-state index in [1.807, 2.05) is 48.5 Å². The fourth-order valence-electron chi connectivity index (χ4n) is 3.77. The Hall–Kier alpha value is -3.43. The summed E-state index contributed by atoms with van der Waals surface area (Å²) in [6.07, 6.45) is 6.18. The monoisotopic (exact) mass is 399 g/mol. The number of benzene rings is 2. The van der Waals surface area contributed by atoms with E-state index < -0.39 is 0 Å². The first kappa shape index (κ1) is 19.9. The van der Waals surface area contributed by atoms with Crippen LogP contribution in [-0.2, 0) is 4.79 Å². The topological polar surface area (TPSA) is 61.4 Å². The van der Waals surface area contributed by atoms with Crippen molar-refractivity contribution in [1.82, 2.24) is 20.2 Å². The van der Waals surface area contributed by atoms with Crippen LogP contribution in [0.5, 0.6) is 0 Å². The Morgan fingerprint density at radius 2 is 1.80 bits per heavy atom. The number of nitrogens with zero attached hydrogens (tertiary/aromatic N) is 4. The zero-order valence-corrected chi connectivity index (χ0v) is 16.9. The van der Waals surface area contributed by atoms with Gasteiger partial charge in [-0.15, -0.1) is 6.42 Å². The van der Waals surface area contributed by atoms with Crippen LogP contribution in [0.25, 0.3) is 22.3 Å². The number of hydrogen-bond acceptors (Lipinski definition) is 5. The van der Waals surface area contributed by atoms with Crippen LogP contribution in [-0.4, -0.2) is 60.0 Å². The summed E-state index contributed by atoms with van der Waals surface area (Å²) in [5.41, 5.74) is 1.95. The van der Waals surface area contributed by atoms with Gasteiger partial charge in [-0.3, -0.25) is 9.69 Å². The predicted octanol–water partition coefficient (Wildman–Crippen LogP) is 2.56. The molecule has 30 heavy (non-hydrogen) atoms. The van der Waals surface area contributed by atoms with Crippen molar-refractivity contribution in [3.8, 4) is 23.7 Å². The summed E-state index contributed by atoms with van der Waals surface area (Å²) in [5, 5.41) is 3.79. The summed E-state index contributed by atoms with van der Waals surface area (Å²) in [5.74, 6) is 4.10. The van der Waals surface area contributed by atoms with Crippen LogP contribution in [0, 0.1) is 12.3 Å². The molecule has 0 aliphatic carbocycles. The number of nitrogens with one attached hydrogen (secondary N) is 1. The Balaban J connectivity index is 1.58. The largest absolute Gasteiger partial charge is 0.355 e. The van der Waals surface area contributed by atoms with Crippen LogP contribution in [0.15, 0.2) is 54.6 Å². The Bertz CT molecular complexity index is 1060. The number of terminal acetylenes is 1. The molecule has 1 amide bonds. The SMILES string of the molecule is C#CCNC(=O)CN1CCCN(c2nc(-c3ccccc3)nc3ccccc23)CC1. The molecule has 0 saturated carbocycles. The molecule has 152 valence electrons. The van der Waals surface area contributed by atoms with E-state index >= 15 is 0 Å². The molecule has 1 aromatic heterocycles. The summed E-state index contributed by atoms with van der Waals surface area (Å²) < 4.78 is 0. The third kappa shape index (κ3) is 4.58. The normalized spacial score (nSPS) is 14.8. The minimum absolute atomic E-state index is 0.0275. The first-order chi connectivity index (χ1) is 14.7. The summed E-state index contributed by atoms with van der Waals surface area (Å²) in [4.78, 5) is 26.3. The van der Waals surface area contributed by atoms with E-state index in [1.165, 1.54) is 0 Å². The molecule has 1 aliphatic rings. The first-order valence-electron chi connectivity index (χ1n) is 10.2. The van der Waals surface area contributed by atoms with E-state index in [-0.39, 0.29) is 12.5 Å². The third-order valence-electron chi connectivity index (χ3n) is 5.26. The lowest BCUT2D eigenvalue weighted by molar-refractivity contribution is -0.121. The molecule has 3 aromatic rings. The van der Waals surface area contributed by atoms with Crippen LogP contribution in [0.2, 0.25) is 0 Å². The number of para-hydroxylation sites is 1. The predicted molar refractivity (Wildman–Crippen MR) is 120 cm³/mol. The summed E-state index contributed by atoms with van der Waals surface area (Å²) in [6.45, 7) is 4.00. The van der Waals surface area contributed by atoms with Gasteiger partial charge in [0.25, 0.3) is 0 Å². The molecule has 6 heteroatoms. The number of anilines is 1. The molecule has 0 unspecified atom stereocenters. The van der Waals surface area contributed by atoms with Crippen molar-refractivity contribution in [2.45, 2.75) is 6.42 Å². The quantitative estimate of drug-likeness (QED) is 0.668. The highest BCUT2D eigenvalue weighted by Crippen LogP contribution is 2.28. The number of rotatable bonds is 5. The Morgan fingerprint density at radius 1 is 1.00 bits per heavy atom. The molecule has 0 radical (unpaired) electrons. The maximum Gasteiger partial charge on any atom is 0.234 e. The summed E-state index contributed by atoms with van der Waals surface area (Å²) >= 11 is 0. The van der Waals surface area contributed by atoms with Crippen molar-refractivity contribution < 1.29 is 4.79 Å². The fraction of sp³-hybridized carbons (Fsp3) is 0.292. The van der Waals surface area contributed by atoms with Gasteiger partial charge in [-0.05, 0) is 18.6 Å². The second-order valence-corrected chi connectivity index (χ2v) is 7.35. The molecule has 1 saturated heterocycles. The number of fused-ring (bicyclic) bond motifs is 1. The van der Waals surface area contributed by atoms with Gasteiger partial charge in [-0.1, -0.05) is 48.4 Å². The zero-order chi connectivity index (χ0) is 20.8. The van der Waals surface area contributed by atoms with Crippen molar-refractivity contribution >= 4 is 22.6 Å². The van der Waals surface area contributed by atoms with Crippen LogP contribution < -0.4 is 10.2 Å². The molecular weight excluding hydrogens is 374 g/mol. The maximum atomic E-state index is 12.0. The van der Waals surface area contributed by atoms with Crippen molar-refractivity contribution in [3.05, 3.63) is 54.6 Å². The molecule has 2 aromatic carbocycles. The molecule has 0 atom stereocenters. The van der Waals surface area contributed by atoms with E-state index in [9.17, 15) is 4.79 Å². The van der Waals surface area contributed by atoms with E-state index in [0.717, 1.165) is 60.7 Å². The standard InChI is InChI=1S/C24H25N5O/c1-2-13-25-22(30)18-28-14-8-15-29(17-16-28)24-20-11-6-7-12-21(20)26-23(27-24)19-9-4-3-5-10-19/h1,3-7,9-12H,8,13-18H2,(H,25,30).